The molecule has 0 unspecified atom stereocenters. The number of nitrogens with zero attached hydrogens (tertiary/aromatic N) is 3. The van der Waals surface area contributed by atoms with Crippen molar-refractivity contribution in [3.63, 3.8) is 0 Å². The van der Waals surface area contributed by atoms with Gasteiger partial charge in [-0.25, -0.2) is 8.78 Å². The van der Waals surface area contributed by atoms with Crippen molar-refractivity contribution in [3.05, 3.63) is 94.3 Å². The maximum absolute atomic E-state index is 14.6. The van der Waals surface area contributed by atoms with Crippen LogP contribution in [0.5, 0.6) is 0 Å². The highest BCUT2D eigenvalue weighted by atomic mass is 19.1. The molecule has 5 rings (SSSR count). The van der Waals surface area contributed by atoms with Crippen LogP contribution in [0.1, 0.15) is 27.0 Å². The Hall–Kier alpha value is -3.98. The fourth-order valence-corrected chi connectivity index (χ4v) is 3.87. The van der Waals surface area contributed by atoms with Crippen molar-refractivity contribution >= 4 is 16.9 Å². The first-order chi connectivity index (χ1) is 13.6. The van der Waals surface area contributed by atoms with E-state index in [9.17, 15) is 18.8 Å². The number of allylic oxidation sites excluding steroid dienone is 3. The fourth-order valence-electron chi connectivity index (χ4n) is 3.87. The number of Topliss-reactive ketones (excluding diaryl/α,β-unsaturated/α-hetero) is 1. The van der Waals surface area contributed by atoms with Crippen LogP contribution in [0.3, 0.4) is 0 Å². The van der Waals surface area contributed by atoms with E-state index in [1.54, 1.807) is 36.7 Å². The minimum absolute atomic E-state index is 0.0572. The molecule has 132 valence electrons. The van der Waals surface area contributed by atoms with E-state index in [4.69, 9.17) is 0 Å². The molecule has 0 bridgehead atoms. The second-order valence-electron chi connectivity index (χ2n) is 6.38. The van der Waals surface area contributed by atoms with Crippen molar-refractivity contribution in [1.82, 2.24) is 9.97 Å². The number of hydrogen-bond acceptors (Lipinski definition) is 4. The molecule has 0 N–H and O–H groups in total. The lowest BCUT2D eigenvalue weighted by molar-refractivity contribution is 0.104. The number of halogens is 2. The molecule has 0 fully saturated rings. The molecule has 0 radical (unpaired) electrons. The average Bonchev–Trinajstić information content (AvgIpc) is 3.15. The third kappa shape index (κ3) is 2.04. The summed E-state index contributed by atoms with van der Waals surface area (Å²) in [6.07, 6.45) is 4.37. The van der Waals surface area contributed by atoms with E-state index in [1.807, 2.05) is 6.07 Å². The number of rotatable bonds is 0. The van der Waals surface area contributed by atoms with Crippen LogP contribution < -0.4 is 0 Å². The van der Waals surface area contributed by atoms with E-state index < -0.39 is 17.4 Å². The Kier molecular flexibility index (Phi) is 3.34. The van der Waals surface area contributed by atoms with Crippen LogP contribution in [0.2, 0.25) is 0 Å². The number of pyridine rings is 2. The number of carbonyl (C=O) groups is 1. The van der Waals surface area contributed by atoms with Crippen molar-refractivity contribution in [2.24, 2.45) is 0 Å². The Morgan fingerprint density at radius 2 is 1.57 bits per heavy atom. The maximum Gasteiger partial charge on any atom is 0.195 e. The van der Waals surface area contributed by atoms with E-state index in [0.29, 0.717) is 34.2 Å². The molecule has 3 aromatic rings. The Labute approximate surface area is 158 Å². The Morgan fingerprint density at radius 3 is 2.18 bits per heavy atom. The van der Waals surface area contributed by atoms with Gasteiger partial charge in [0.05, 0.1) is 17.5 Å². The molecule has 2 aliphatic carbocycles. The molecule has 2 aromatic heterocycles. The third-order valence-corrected chi connectivity index (χ3v) is 4.90. The highest BCUT2D eigenvalue weighted by molar-refractivity contribution is 6.32. The standard InChI is InChI=1S/C22H9F2N3O/c23-11-9-15-17(16(24)10-11)12(5-6-25)19(22(15)28)18-13-3-1-7-26-20(13)21-14(18)4-2-8-27-21/h1-5,7-10H/b12-5+. The van der Waals surface area contributed by atoms with E-state index in [0.717, 1.165) is 12.1 Å². The third-order valence-electron chi connectivity index (χ3n) is 4.90. The quantitative estimate of drug-likeness (QED) is 0.342. The van der Waals surface area contributed by atoms with Crippen molar-refractivity contribution in [3.8, 4) is 17.5 Å². The molecule has 6 heteroatoms. The monoisotopic (exact) mass is 369 g/mol. The maximum atomic E-state index is 14.6. The molecule has 0 saturated heterocycles. The van der Waals surface area contributed by atoms with Gasteiger partial charge in [0.2, 0.25) is 0 Å². The summed E-state index contributed by atoms with van der Waals surface area (Å²) in [5.41, 5.74) is 3.20. The number of benzene rings is 1. The lowest BCUT2D eigenvalue weighted by Gasteiger charge is -2.08. The topological polar surface area (TPSA) is 66.6 Å². The van der Waals surface area contributed by atoms with Gasteiger partial charge in [0, 0.05) is 63.5 Å². The van der Waals surface area contributed by atoms with Crippen molar-refractivity contribution in [2.45, 2.75) is 0 Å². The summed E-state index contributed by atoms with van der Waals surface area (Å²) in [4.78, 5) is 22.0. The Balaban J connectivity index is 1.93. The van der Waals surface area contributed by atoms with Crippen LogP contribution in [-0.2, 0) is 0 Å². The predicted molar refractivity (Wildman–Crippen MR) is 97.8 cm³/mol. The number of ketones is 1. The van der Waals surface area contributed by atoms with Gasteiger partial charge >= 0.3 is 0 Å². The fraction of sp³-hybridized carbons (Fsp3) is 0. The lowest BCUT2D eigenvalue weighted by atomic mass is 9.93. The van der Waals surface area contributed by atoms with E-state index in [-0.39, 0.29) is 22.3 Å². The molecular formula is C22H9F2N3O. The van der Waals surface area contributed by atoms with E-state index in [1.165, 1.54) is 0 Å². The second kappa shape index (κ2) is 5.76. The van der Waals surface area contributed by atoms with Gasteiger partial charge in [0.15, 0.2) is 5.78 Å². The molecule has 0 spiro atoms. The predicted octanol–water partition coefficient (Wildman–Crippen LogP) is 4.34. The van der Waals surface area contributed by atoms with Crippen LogP contribution in [0.4, 0.5) is 8.78 Å². The van der Waals surface area contributed by atoms with Gasteiger partial charge < -0.3 is 0 Å². The van der Waals surface area contributed by atoms with Gasteiger partial charge in [-0.1, -0.05) is 12.1 Å². The summed E-state index contributed by atoms with van der Waals surface area (Å²) in [6.45, 7) is 0. The van der Waals surface area contributed by atoms with Crippen LogP contribution in [0.15, 0.2) is 60.4 Å². The first kappa shape index (κ1) is 16.2. The van der Waals surface area contributed by atoms with Crippen molar-refractivity contribution in [2.75, 3.05) is 0 Å². The van der Waals surface area contributed by atoms with Gasteiger partial charge in [-0.2, -0.15) is 5.26 Å². The van der Waals surface area contributed by atoms with Gasteiger partial charge in [-0.05, 0) is 18.2 Å². The summed E-state index contributed by atoms with van der Waals surface area (Å²) < 4.78 is 28.3. The van der Waals surface area contributed by atoms with Crippen LogP contribution >= 0.6 is 0 Å². The number of nitriles is 1. The lowest BCUT2D eigenvalue weighted by Crippen LogP contribution is -2.00. The molecule has 2 aliphatic rings. The average molecular weight is 369 g/mol. The SMILES string of the molecule is N#C/C=C1/C(=C2c3cccnc3-c3ncccc32)C(=O)c2cc(F)cc(F)c21. The number of carbonyl (C=O) groups excluding carboxylic acids is 1. The normalized spacial score (nSPS) is 15.5. The largest absolute Gasteiger partial charge is 0.289 e. The van der Waals surface area contributed by atoms with Crippen molar-refractivity contribution < 1.29 is 13.6 Å². The molecular weight excluding hydrogens is 360 g/mol. The number of fused-ring (bicyclic) bond motifs is 4. The highest BCUT2D eigenvalue weighted by Crippen LogP contribution is 2.49. The molecule has 0 atom stereocenters. The summed E-state index contributed by atoms with van der Waals surface area (Å²) in [6, 6.07) is 10.6. The first-order valence-corrected chi connectivity index (χ1v) is 8.41. The highest BCUT2D eigenvalue weighted by Gasteiger charge is 2.39. The molecule has 1 aromatic carbocycles. The number of hydrogen-bond donors (Lipinski definition) is 0. The minimum Gasteiger partial charge on any atom is -0.289 e. The molecule has 0 amide bonds. The molecule has 2 heterocycles. The zero-order valence-corrected chi connectivity index (χ0v) is 14.2. The first-order valence-electron chi connectivity index (χ1n) is 8.41. The van der Waals surface area contributed by atoms with Gasteiger partial charge in [-0.3, -0.25) is 14.8 Å². The summed E-state index contributed by atoms with van der Waals surface area (Å²) in [7, 11) is 0. The molecule has 28 heavy (non-hydrogen) atoms. The van der Waals surface area contributed by atoms with Crippen LogP contribution in [-0.4, -0.2) is 15.8 Å². The van der Waals surface area contributed by atoms with Crippen LogP contribution in [0.25, 0.3) is 22.5 Å². The minimum atomic E-state index is -0.878. The zero-order valence-electron chi connectivity index (χ0n) is 14.2. The second-order valence-corrected chi connectivity index (χ2v) is 6.38. The van der Waals surface area contributed by atoms with Crippen molar-refractivity contribution in [1.29, 1.82) is 5.26 Å². The van der Waals surface area contributed by atoms with Gasteiger partial charge in [-0.15, -0.1) is 0 Å². The summed E-state index contributed by atoms with van der Waals surface area (Å²) >= 11 is 0. The molecule has 0 saturated carbocycles. The smallest absolute Gasteiger partial charge is 0.195 e. The van der Waals surface area contributed by atoms with E-state index in [2.05, 4.69) is 9.97 Å². The molecule has 0 aliphatic heterocycles. The summed E-state index contributed by atoms with van der Waals surface area (Å²) in [5.74, 6) is -2.25. The molecule has 4 nitrogen and oxygen atoms in total. The number of aromatic nitrogens is 2. The zero-order chi connectivity index (χ0) is 19.4. The van der Waals surface area contributed by atoms with Crippen LogP contribution in [0, 0.1) is 23.0 Å². The Bertz CT molecular complexity index is 1270. The Morgan fingerprint density at radius 1 is 0.929 bits per heavy atom. The van der Waals surface area contributed by atoms with E-state index >= 15 is 0 Å². The van der Waals surface area contributed by atoms with Gasteiger partial charge in [0.1, 0.15) is 11.6 Å². The van der Waals surface area contributed by atoms with Gasteiger partial charge in [0.25, 0.3) is 0 Å². The summed E-state index contributed by atoms with van der Waals surface area (Å²) in [5, 5.41) is 9.25.